The van der Waals surface area contributed by atoms with E-state index in [1.807, 2.05) is 39.2 Å². The maximum absolute atomic E-state index is 11.9. The van der Waals surface area contributed by atoms with Gasteiger partial charge in [0.2, 0.25) is 5.91 Å². The maximum Gasteiger partial charge on any atom is 0.225 e. The van der Waals surface area contributed by atoms with E-state index in [1.165, 1.54) is 11.3 Å². The Kier molecular flexibility index (Phi) is 5.14. The van der Waals surface area contributed by atoms with Crippen molar-refractivity contribution in [2.75, 3.05) is 38.7 Å². The molecule has 2 aromatic rings. The Morgan fingerprint density at radius 3 is 2.71 bits per heavy atom. The highest BCUT2D eigenvalue weighted by Crippen LogP contribution is 2.34. The lowest BCUT2D eigenvalue weighted by Gasteiger charge is -2.20. The Bertz CT molecular complexity index is 624. The summed E-state index contributed by atoms with van der Waals surface area (Å²) < 4.78 is 6.64. The van der Waals surface area contributed by atoms with E-state index in [0.717, 1.165) is 27.6 Å². The van der Waals surface area contributed by atoms with Crippen LogP contribution in [0.1, 0.15) is 13.8 Å². The fourth-order valence-corrected chi connectivity index (χ4v) is 3.04. The molecule has 1 amide bonds. The number of nitrogens with zero attached hydrogens (tertiary/aromatic N) is 3. The molecule has 1 aromatic heterocycles. The average Bonchev–Trinajstić information content (AvgIpc) is 2.83. The van der Waals surface area contributed by atoms with Crippen molar-refractivity contribution in [3.05, 3.63) is 18.2 Å². The van der Waals surface area contributed by atoms with Gasteiger partial charge in [0, 0.05) is 20.0 Å². The van der Waals surface area contributed by atoms with Crippen LogP contribution in [-0.4, -0.2) is 49.6 Å². The maximum atomic E-state index is 11.9. The molecular formula is C15H21N3O2S. The molecule has 0 spiro atoms. The van der Waals surface area contributed by atoms with Crippen molar-refractivity contribution in [2.24, 2.45) is 0 Å². The molecule has 0 N–H and O–H groups in total. The molecule has 0 fully saturated rings. The van der Waals surface area contributed by atoms with Crippen molar-refractivity contribution in [1.29, 1.82) is 0 Å². The Morgan fingerprint density at radius 1 is 1.33 bits per heavy atom. The molecule has 0 saturated carbocycles. The summed E-state index contributed by atoms with van der Waals surface area (Å²) >= 11 is 1.52. The highest BCUT2D eigenvalue weighted by atomic mass is 32.1. The summed E-state index contributed by atoms with van der Waals surface area (Å²) in [6.45, 7) is 5.55. The van der Waals surface area contributed by atoms with Crippen LogP contribution in [0.15, 0.2) is 18.2 Å². The van der Waals surface area contributed by atoms with Gasteiger partial charge >= 0.3 is 0 Å². The zero-order chi connectivity index (χ0) is 15.4. The van der Waals surface area contributed by atoms with Gasteiger partial charge in [-0.15, -0.1) is 0 Å². The first kappa shape index (κ1) is 15.7. The van der Waals surface area contributed by atoms with Crippen molar-refractivity contribution < 1.29 is 9.53 Å². The molecule has 1 heterocycles. The number of hydrogen-bond acceptors (Lipinski definition) is 5. The van der Waals surface area contributed by atoms with Crippen molar-refractivity contribution in [3.63, 3.8) is 0 Å². The zero-order valence-electron chi connectivity index (χ0n) is 12.9. The molecule has 21 heavy (non-hydrogen) atoms. The number of hydrogen-bond donors (Lipinski definition) is 0. The van der Waals surface area contributed by atoms with E-state index in [2.05, 4.69) is 9.88 Å². The van der Waals surface area contributed by atoms with Gasteiger partial charge in [0.15, 0.2) is 5.13 Å². The quantitative estimate of drug-likeness (QED) is 0.823. The minimum absolute atomic E-state index is 0.00821. The number of benzene rings is 1. The van der Waals surface area contributed by atoms with Gasteiger partial charge in [-0.2, -0.15) is 0 Å². The van der Waals surface area contributed by atoms with Crippen molar-refractivity contribution >= 4 is 32.6 Å². The van der Waals surface area contributed by atoms with Gasteiger partial charge in [0.25, 0.3) is 0 Å². The molecular weight excluding hydrogens is 286 g/mol. The number of amides is 1. The Morgan fingerprint density at radius 2 is 2.10 bits per heavy atom. The third-order valence-electron chi connectivity index (χ3n) is 3.05. The molecule has 6 heteroatoms. The first-order valence-electron chi connectivity index (χ1n) is 6.98. The van der Waals surface area contributed by atoms with Gasteiger partial charge in [-0.25, -0.2) is 4.98 Å². The van der Waals surface area contributed by atoms with Crippen molar-refractivity contribution in [1.82, 2.24) is 9.88 Å². The van der Waals surface area contributed by atoms with Gasteiger partial charge in [-0.05, 0) is 33.2 Å². The zero-order valence-corrected chi connectivity index (χ0v) is 13.7. The lowest BCUT2D eigenvalue weighted by atomic mass is 10.3. The van der Waals surface area contributed by atoms with E-state index in [4.69, 9.17) is 4.74 Å². The molecule has 0 bridgehead atoms. The van der Waals surface area contributed by atoms with E-state index in [1.54, 1.807) is 11.8 Å². The van der Waals surface area contributed by atoms with Crippen LogP contribution in [-0.2, 0) is 4.79 Å². The largest absolute Gasteiger partial charge is 0.492 e. The van der Waals surface area contributed by atoms with Crippen LogP contribution in [0.3, 0.4) is 0 Å². The lowest BCUT2D eigenvalue weighted by Crippen LogP contribution is -2.35. The van der Waals surface area contributed by atoms with E-state index in [9.17, 15) is 4.79 Å². The van der Waals surface area contributed by atoms with Crippen LogP contribution in [0.2, 0.25) is 0 Å². The minimum Gasteiger partial charge on any atom is -0.492 e. The highest BCUT2D eigenvalue weighted by molar-refractivity contribution is 7.22. The van der Waals surface area contributed by atoms with E-state index < -0.39 is 0 Å². The number of likely N-dealkylation sites (N-methyl/N-ethyl adjacent to an activating group) is 1. The highest BCUT2D eigenvalue weighted by Gasteiger charge is 2.17. The third kappa shape index (κ3) is 3.71. The number of aromatic nitrogens is 1. The third-order valence-corrected chi connectivity index (χ3v) is 4.10. The average molecular weight is 307 g/mol. The number of carbonyl (C=O) groups excluding carboxylic acids is 1. The summed E-state index contributed by atoms with van der Waals surface area (Å²) in [5.74, 6) is 0.780. The second-order valence-corrected chi connectivity index (χ2v) is 6.02. The topological polar surface area (TPSA) is 45.7 Å². The van der Waals surface area contributed by atoms with Crippen LogP contribution in [0, 0.1) is 0 Å². The number of anilines is 1. The van der Waals surface area contributed by atoms with E-state index in [-0.39, 0.29) is 5.91 Å². The van der Waals surface area contributed by atoms with Crippen molar-refractivity contribution in [3.8, 4) is 5.75 Å². The summed E-state index contributed by atoms with van der Waals surface area (Å²) in [5, 5.41) is 0.728. The summed E-state index contributed by atoms with van der Waals surface area (Å²) in [7, 11) is 3.98. The number of thiazole rings is 1. The van der Waals surface area contributed by atoms with Crippen LogP contribution in [0.25, 0.3) is 10.2 Å². The predicted molar refractivity (Wildman–Crippen MR) is 87.4 cm³/mol. The standard InChI is InChI=1S/C15H21N3O2S/c1-5-20-12-7-6-8-13-14(12)16-15(21-13)18(11(2)19)10-9-17(3)4/h6-8H,5,9-10H2,1-4H3. The summed E-state index contributed by atoms with van der Waals surface area (Å²) in [5.41, 5.74) is 0.829. The molecule has 0 saturated heterocycles. The van der Waals surface area contributed by atoms with E-state index in [0.29, 0.717) is 13.2 Å². The molecule has 114 valence electrons. The first-order chi connectivity index (χ1) is 10.0. The second-order valence-electron chi connectivity index (χ2n) is 5.01. The number of rotatable bonds is 6. The van der Waals surface area contributed by atoms with Crippen LogP contribution in [0.5, 0.6) is 5.75 Å². The SMILES string of the molecule is CCOc1cccc2sc(N(CCN(C)C)C(C)=O)nc12. The van der Waals surface area contributed by atoms with Gasteiger partial charge < -0.3 is 9.64 Å². The number of ether oxygens (including phenoxy) is 1. The molecule has 0 unspecified atom stereocenters. The molecule has 0 aliphatic heterocycles. The van der Waals surface area contributed by atoms with Crippen LogP contribution >= 0.6 is 11.3 Å². The fourth-order valence-electron chi connectivity index (χ4n) is 1.99. The molecule has 0 aliphatic rings. The van der Waals surface area contributed by atoms with Gasteiger partial charge in [-0.3, -0.25) is 9.69 Å². The molecule has 0 aliphatic carbocycles. The molecule has 0 radical (unpaired) electrons. The number of para-hydroxylation sites is 1. The number of carbonyl (C=O) groups is 1. The van der Waals surface area contributed by atoms with Crippen LogP contribution < -0.4 is 9.64 Å². The molecule has 1 aromatic carbocycles. The van der Waals surface area contributed by atoms with Gasteiger partial charge in [0.05, 0.1) is 11.3 Å². The Labute approximate surface area is 129 Å². The molecule has 0 atom stereocenters. The fraction of sp³-hybridized carbons (Fsp3) is 0.467. The summed E-state index contributed by atoms with van der Waals surface area (Å²) in [6, 6.07) is 5.86. The second kappa shape index (κ2) is 6.87. The predicted octanol–water partition coefficient (Wildman–Crippen LogP) is 2.61. The summed E-state index contributed by atoms with van der Waals surface area (Å²) in [6.07, 6.45) is 0. The normalized spacial score (nSPS) is 11.1. The first-order valence-corrected chi connectivity index (χ1v) is 7.79. The van der Waals surface area contributed by atoms with Crippen LogP contribution in [0.4, 0.5) is 5.13 Å². The monoisotopic (exact) mass is 307 g/mol. The molecule has 5 nitrogen and oxygen atoms in total. The van der Waals surface area contributed by atoms with Crippen molar-refractivity contribution in [2.45, 2.75) is 13.8 Å². The molecule has 2 rings (SSSR count). The smallest absolute Gasteiger partial charge is 0.225 e. The number of fused-ring (bicyclic) bond motifs is 1. The Balaban J connectivity index is 2.35. The summed E-state index contributed by atoms with van der Waals surface area (Å²) in [4.78, 5) is 20.3. The van der Waals surface area contributed by atoms with E-state index >= 15 is 0 Å². The van der Waals surface area contributed by atoms with Gasteiger partial charge in [0.1, 0.15) is 11.3 Å². The minimum atomic E-state index is 0.00821. The Hall–Kier alpha value is -1.66. The van der Waals surface area contributed by atoms with Gasteiger partial charge in [-0.1, -0.05) is 17.4 Å². The lowest BCUT2D eigenvalue weighted by molar-refractivity contribution is -0.116.